The Morgan fingerprint density at radius 3 is 1.11 bits per heavy atom. The molecule has 0 N–H and O–H groups in total. The molecule has 0 aliphatic rings. The first kappa shape index (κ1) is 13.8. The molecule has 0 unspecified atom stereocenters. The third-order valence-corrected chi connectivity index (χ3v) is 2.21. The molecule has 2 aromatic rings. The Morgan fingerprint density at radius 2 is 0.889 bits per heavy atom. The maximum atomic E-state index is 12.2. The number of halogens is 2. The van der Waals surface area contributed by atoms with Gasteiger partial charge in [-0.05, 0) is 35.4 Å². The molecule has 0 saturated carbocycles. The second kappa shape index (κ2) is 7.17. The second-order valence-electron chi connectivity index (χ2n) is 3.51. The lowest BCUT2D eigenvalue weighted by Gasteiger charge is -1.88. The number of hydrogen-bond acceptors (Lipinski definition) is 0. The highest BCUT2D eigenvalue weighted by atomic mass is 19.1. The highest BCUT2D eigenvalue weighted by Crippen LogP contribution is 2.03. The van der Waals surface area contributed by atoms with Crippen molar-refractivity contribution in [1.82, 2.24) is 0 Å². The molecule has 0 aromatic heterocycles. The summed E-state index contributed by atoms with van der Waals surface area (Å²) in [6.45, 7) is 7.08. The summed E-state index contributed by atoms with van der Waals surface area (Å²) in [4.78, 5) is 0. The maximum Gasteiger partial charge on any atom is 0.123 e. The van der Waals surface area contributed by atoms with Crippen LogP contribution in [0.15, 0.2) is 61.7 Å². The molecule has 0 atom stereocenters. The van der Waals surface area contributed by atoms with E-state index < -0.39 is 0 Å². The first-order valence-electron chi connectivity index (χ1n) is 5.41. The smallest absolute Gasteiger partial charge is 0.123 e. The molecule has 0 nitrogen and oxygen atoms in total. The van der Waals surface area contributed by atoms with Crippen molar-refractivity contribution in [2.75, 3.05) is 0 Å². The van der Waals surface area contributed by atoms with Gasteiger partial charge in [0.25, 0.3) is 0 Å². The minimum absolute atomic E-state index is 0.208. The summed E-state index contributed by atoms with van der Waals surface area (Å²) >= 11 is 0. The van der Waals surface area contributed by atoms with Crippen molar-refractivity contribution in [2.45, 2.75) is 0 Å². The van der Waals surface area contributed by atoms with Crippen LogP contribution in [-0.2, 0) is 0 Å². The van der Waals surface area contributed by atoms with Crippen LogP contribution in [0.3, 0.4) is 0 Å². The van der Waals surface area contributed by atoms with Gasteiger partial charge >= 0.3 is 0 Å². The molecule has 0 amide bonds. The van der Waals surface area contributed by atoms with Crippen LogP contribution in [0.5, 0.6) is 0 Å². The molecule has 2 aromatic carbocycles. The van der Waals surface area contributed by atoms with E-state index in [4.69, 9.17) is 0 Å². The summed E-state index contributed by atoms with van der Waals surface area (Å²) in [6.07, 6.45) is 3.36. The molecule has 92 valence electrons. The van der Waals surface area contributed by atoms with Gasteiger partial charge in [-0.3, -0.25) is 0 Å². The van der Waals surface area contributed by atoms with E-state index in [1.165, 1.54) is 24.3 Å². The zero-order chi connectivity index (χ0) is 13.4. The molecule has 2 rings (SSSR count). The van der Waals surface area contributed by atoms with Gasteiger partial charge in [-0.15, -0.1) is 0 Å². The molecule has 0 saturated heterocycles. The van der Waals surface area contributed by atoms with E-state index in [0.29, 0.717) is 0 Å². The average Bonchev–Trinajstić information content (AvgIpc) is 2.41. The third kappa shape index (κ3) is 4.74. The van der Waals surface area contributed by atoms with E-state index in [2.05, 4.69) is 13.2 Å². The first-order valence-corrected chi connectivity index (χ1v) is 5.41. The van der Waals surface area contributed by atoms with Gasteiger partial charge in [-0.25, -0.2) is 8.78 Å². The van der Waals surface area contributed by atoms with Crippen LogP contribution >= 0.6 is 0 Å². The lowest BCUT2D eigenvalue weighted by Crippen LogP contribution is -1.72. The molecule has 0 heterocycles. The van der Waals surface area contributed by atoms with Crippen molar-refractivity contribution < 1.29 is 8.78 Å². The lowest BCUT2D eigenvalue weighted by molar-refractivity contribution is 0.627. The summed E-state index contributed by atoms with van der Waals surface area (Å²) < 4.78 is 24.4. The number of rotatable bonds is 2. The minimum atomic E-state index is -0.208. The van der Waals surface area contributed by atoms with Gasteiger partial charge in [0.1, 0.15) is 11.6 Å². The maximum absolute atomic E-state index is 12.2. The van der Waals surface area contributed by atoms with Crippen LogP contribution in [0.2, 0.25) is 0 Å². The van der Waals surface area contributed by atoms with Crippen LogP contribution in [0.1, 0.15) is 11.1 Å². The third-order valence-electron chi connectivity index (χ3n) is 2.21. The van der Waals surface area contributed by atoms with Crippen molar-refractivity contribution in [3.8, 4) is 0 Å². The molecular formula is C16H14F2. The molecule has 0 spiro atoms. The van der Waals surface area contributed by atoms with Gasteiger partial charge in [0.2, 0.25) is 0 Å². The molecule has 18 heavy (non-hydrogen) atoms. The van der Waals surface area contributed by atoms with Crippen LogP contribution in [0.25, 0.3) is 12.2 Å². The zero-order valence-electron chi connectivity index (χ0n) is 9.94. The average molecular weight is 244 g/mol. The van der Waals surface area contributed by atoms with E-state index in [9.17, 15) is 8.78 Å². The van der Waals surface area contributed by atoms with Crippen LogP contribution in [-0.4, -0.2) is 0 Å². The van der Waals surface area contributed by atoms with Crippen molar-refractivity contribution in [1.29, 1.82) is 0 Å². The van der Waals surface area contributed by atoms with Crippen LogP contribution in [0.4, 0.5) is 8.78 Å². The molecule has 0 bridgehead atoms. The van der Waals surface area contributed by atoms with Gasteiger partial charge in [0.05, 0.1) is 0 Å². The van der Waals surface area contributed by atoms with Gasteiger partial charge < -0.3 is 0 Å². The Hall–Kier alpha value is -2.22. The van der Waals surface area contributed by atoms with E-state index in [0.717, 1.165) is 11.1 Å². The molecular weight excluding hydrogens is 230 g/mol. The fourth-order valence-electron chi connectivity index (χ4n) is 1.20. The lowest BCUT2D eigenvalue weighted by atomic mass is 10.2. The summed E-state index contributed by atoms with van der Waals surface area (Å²) in [5, 5.41) is 0. The highest BCUT2D eigenvalue weighted by molar-refractivity contribution is 5.46. The Morgan fingerprint density at radius 1 is 0.611 bits per heavy atom. The number of benzene rings is 2. The quantitative estimate of drug-likeness (QED) is 0.702. The van der Waals surface area contributed by atoms with E-state index in [1.54, 1.807) is 36.4 Å². The van der Waals surface area contributed by atoms with Crippen molar-refractivity contribution in [2.24, 2.45) is 0 Å². The minimum Gasteiger partial charge on any atom is -0.207 e. The van der Waals surface area contributed by atoms with Gasteiger partial charge in [0, 0.05) is 0 Å². The van der Waals surface area contributed by atoms with E-state index in [-0.39, 0.29) is 11.6 Å². The molecule has 0 radical (unpaired) electrons. The van der Waals surface area contributed by atoms with Gasteiger partial charge in [0.15, 0.2) is 0 Å². The van der Waals surface area contributed by atoms with Crippen molar-refractivity contribution >= 4 is 12.2 Å². The summed E-state index contributed by atoms with van der Waals surface area (Å²) in [6, 6.07) is 12.4. The SMILES string of the molecule is C=Cc1ccc(F)cc1.C=Cc1ccc(F)cc1. The summed E-state index contributed by atoms with van der Waals surface area (Å²) in [7, 11) is 0. The normalized spacial score (nSPS) is 9.00. The fraction of sp³-hybridized carbons (Fsp3) is 0. The predicted molar refractivity (Wildman–Crippen MR) is 73.0 cm³/mol. The monoisotopic (exact) mass is 244 g/mol. The summed E-state index contributed by atoms with van der Waals surface area (Å²) in [5.74, 6) is -0.416. The van der Waals surface area contributed by atoms with Crippen molar-refractivity contribution in [3.05, 3.63) is 84.5 Å². The van der Waals surface area contributed by atoms with Crippen LogP contribution in [0, 0.1) is 11.6 Å². The standard InChI is InChI=1S/2C8H7F/c2*1-2-7-3-5-8(9)6-4-7/h2*2-6H,1H2. The van der Waals surface area contributed by atoms with Gasteiger partial charge in [-0.2, -0.15) is 0 Å². The Balaban J connectivity index is 0.000000180. The summed E-state index contributed by atoms with van der Waals surface area (Å²) in [5.41, 5.74) is 1.88. The largest absolute Gasteiger partial charge is 0.207 e. The molecule has 0 aliphatic carbocycles. The predicted octanol–water partition coefficient (Wildman–Crippen LogP) is 4.94. The highest BCUT2D eigenvalue weighted by Gasteiger charge is 1.86. The Bertz CT molecular complexity index is 446. The first-order chi connectivity index (χ1) is 8.65. The zero-order valence-corrected chi connectivity index (χ0v) is 9.94. The Labute approximate surface area is 106 Å². The van der Waals surface area contributed by atoms with Gasteiger partial charge in [-0.1, -0.05) is 49.6 Å². The van der Waals surface area contributed by atoms with E-state index in [1.807, 2.05) is 0 Å². The van der Waals surface area contributed by atoms with Crippen molar-refractivity contribution in [3.63, 3.8) is 0 Å². The fourth-order valence-corrected chi connectivity index (χ4v) is 1.20. The molecule has 0 aliphatic heterocycles. The van der Waals surface area contributed by atoms with E-state index >= 15 is 0 Å². The molecule has 0 fully saturated rings. The molecule has 2 heteroatoms. The Kier molecular flexibility index (Phi) is 5.52. The number of hydrogen-bond donors (Lipinski definition) is 0. The second-order valence-corrected chi connectivity index (χ2v) is 3.51. The van der Waals surface area contributed by atoms with Crippen LogP contribution < -0.4 is 0 Å². The topological polar surface area (TPSA) is 0 Å².